The van der Waals surface area contributed by atoms with E-state index in [1.165, 1.54) is 4.90 Å². The zero-order chi connectivity index (χ0) is 13.1. The van der Waals surface area contributed by atoms with Gasteiger partial charge in [0, 0.05) is 5.02 Å². The van der Waals surface area contributed by atoms with Gasteiger partial charge in [-0.05, 0) is 55.4 Å². The van der Waals surface area contributed by atoms with Crippen LogP contribution in [0.25, 0.3) is 0 Å². The van der Waals surface area contributed by atoms with E-state index in [2.05, 4.69) is 0 Å². The van der Waals surface area contributed by atoms with Crippen LogP contribution in [0, 0.1) is 23.7 Å². The van der Waals surface area contributed by atoms with Crippen LogP contribution < -0.4 is 4.90 Å². The number of carbonyl (C=O) groups is 2. The first-order valence-electron chi connectivity index (χ1n) is 6.80. The van der Waals surface area contributed by atoms with Crippen molar-refractivity contribution in [3.63, 3.8) is 0 Å². The standard InChI is InChI=1S/C15H14ClNO2/c16-10-3-5-11(6-4-10)17-14(18)12-8-1-2-9(7-8)13(12)15(17)19/h3-6,8-9,12-13H,1-2,7H2/t8-,9-,12+,13+/m0/s1. The Morgan fingerprint density at radius 2 is 1.47 bits per heavy atom. The first-order valence-corrected chi connectivity index (χ1v) is 7.18. The minimum atomic E-state index is -0.0538. The molecule has 2 bridgehead atoms. The van der Waals surface area contributed by atoms with E-state index in [4.69, 9.17) is 11.6 Å². The van der Waals surface area contributed by atoms with Crippen molar-refractivity contribution in [2.45, 2.75) is 19.3 Å². The molecule has 0 unspecified atom stereocenters. The van der Waals surface area contributed by atoms with Gasteiger partial charge in [-0.2, -0.15) is 0 Å². The summed E-state index contributed by atoms with van der Waals surface area (Å²) in [5.74, 6) is 0.769. The maximum atomic E-state index is 12.5. The van der Waals surface area contributed by atoms with Crippen molar-refractivity contribution in [2.24, 2.45) is 23.7 Å². The number of amides is 2. The summed E-state index contributed by atoms with van der Waals surface area (Å²) in [6, 6.07) is 6.95. The summed E-state index contributed by atoms with van der Waals surface area (Å²) in [5, 5.41) is 0.614. The molecule has 1 heterocycles. The number of fused-ring (bicyclic) bond motifs is 5. The third-order valence-electron chi connectivity index (χ3n) is 5.01. The summed E-state index contributed by atoms with van der Waals surface area (Å²) in [6.45, 7) is 0. The quantitative estimate of drug-likeness (QED) is 0.739. The molecule has 2 saturated carbocycles. The Hall–Kier alpha value is -1.35. The van der Waals surface area contributed by atoms with E-state index < -0.39 is 0 Å². The number of carbonyl (C=O) groups excluding carboxylic acids is 2. The van der Waals surface area contributed by atoms with Gasteiger partial charge in [0.05, 0.1) is 17.5 Å². The highest BCUT2D eigenvalue weighted by Gasteiger charge is 2.61. The van der Waals surface area contributed by atoms with Crippen molar-refractivity contribution in [1.82, 2.24) is 0 Å². The summed E-state index contributed by atoms with van der Waals surface area (Å²) in [7, 11) is 0. The zero-order valence-electron chi connectivity index (χ0n) is 10.4. The summed E-state index contributed by atoms with van der Waals surface area (Å²) in [5.41, 5.74) is 0.660. The normalized spacial score (nSPS) is 36.2. The van der Waals surface area contributed by atoms with Crippen LogP contribution in [-0.2, 0) is 9.59 Å². The smallest absolute Gasteiger partial charge is 0.237 e. The van der Waals surface area contributed by atoms with E-state index in [1.807, 2.05) is 0 Å². The van der Waals surface area contributed by atoms with Crippen molar-refractivity contribution >= 4 is 29.1 Å². The fraction of sp³-hybridized carbons (Fsp3) is 0.467. The summed E-state index contributed by atoms with van der Waals surface area (Å²) >= 11 is 5.85. The second-order valence-electron chi connectivity index (χ2n) is 5.87. The highest BCUT2D eigenvalue weighted by atomic mass is 35.5. The molecule has 4 rings (SSSR count). The lowest BCUT2D eigenvalue weighted by molar-refractivity contribution is -0.123. The molecular weight excluding hydrogens is 262 g/mol. The Morgan fingerprint density at radius 1 is 0.947 bits per heavy atom. The number of imide groups is 1. The van der Waals surface area contributed by atoms with Crippen molar-refractivity contribution < 1.29 is 9.59 Å². The third-order valence-corrected chi connectivity index (χ3v) is 5.26. The number of hydrogen-bond donors (Lipinski definition) is 0. The third kappa shape index (κ3) is 1.45. The molecule has 0 aromatic heterocycles. The van der Waals surface area contributed by atoms with Gasteiger partial charge in [-0.3, -0.25) is 14.5 Å². The highest BCUT2D eigenvalue weighted by molar-refractivity contribution is 6.30. The molecule has 0 radical (unpaired) electrons. The van der Waals surface area contributed by atoms with Gasteiger partial charge < -0.3 is 0 Å². The predicted octanol–water partition coefficient (Wildman–Crippen LogP) is 2.88. The largest absolute Gasteiger partial charge is 0.274 e. The van der Waals surface area contributed by atoms with Gasteiger partial charge in [-0.15, -0.1) is 0 Å². The van der Waals surface area contributed by atoms with E-state index in [0.717, 1.165) is 19.3 Å². The van der Waals surface area contributed by atoms with Crippen molar-refractivity contribution in [1.29, 1.82) is 0 Å². The fourth-order valence-corrected chi connectivity index (χ4v) is 4.38. The van der Waals surface area contributed by atoms with E-state index in [-0.39, 0.29) is 23.7 Å². The first-order chi connectivity index (χ1) is 9.16. The zero-order valence-corrected chi connectivity index (χ0v) is 11.1. The van der Waals surface area contributed by atoms with Gasteiger partial charge >= 0.3 is 0 Å². The maximum Gasteiger partial charge on any atom is 0.237 e. The minimum absolute atomic E-state index is 0.00419. The van der Waals surface area contributed by atoms with Crippen LogP contribution in [0.5, 0.6) is 0 Å². The van der Waals surface area contributed by atoms with Gasteiger partial charge in [0.25, 0.3) is 0 Å². The number of hydrogen-bond acceptors (Lipinski definition) is 2. The van der Waals surface area contributed by atoms with Crippen LogP contribution in [0.1, 0.15) is 19.3 Å². The van der Waals surface area contributed by atoms with Crippen LogP contribution in [0.4, 0.5) is 5.69 Å². The lowest BCUT2D eigenvalue weighted by Crippen LogP contribution is -2.32. The summed E-state index contributed by atoms with van der Waals surface area (Å²) in [6.07, 6.45) is 3.29. The highest BCUT2D eigenvalue weighted by Crippen LogP contribution is 2.56. The van der Waals surface area contributed by atoms with E-state index in [9.17, 15) is 9.59 Å². The number of anilines is 1. The van der Waals surface area contributed by atoms with Crippen LogP contribution in [-0.4, -0.2) is 11.8 Å². The molecule has 4 heteroatoms. The topological polar surface area (TPSA) is 37.4 Å². The number of halogens is 1. The van der Waals surface area contributed by atoms with E-state index in [0.29, 0.717) is 22.5 Å². The molecule has 0 spiro atoms. The lowest BCUT2D eigenvalue weighted by atomic mass is 9.81. The predicted molar refractivity (Wildman–Crippen MR) is 71.8 cm³/mol. The van der Waals surface area contributed by atoms with Crippen LogP contribution >= 0.6 is 11.6 Å². The Labute approximate surface area is 116 Å². The molecule has 3 nitrogen and oxygen atoms in total. The summed E-state index contributed by atoms with van der Waals surface area (Å²) in [4.78, 5) is 26.5. The van der Waals surface area contributed by atoms with Crippen LogP contribution in [0.2, 0.25) is 5.02 Å². The lowest BCUT2D eigenvalue weighted by Gasteiger charge is -2.19. The average Bonchev–Trinajstić information content (AvgIpc) is 3.06. The molecule has 1 saturated heterocycles. The van der Waals surface area contributed by atoms with Crippen molar-refractivity contribution in [3.8, 4) is 0 Å². The average molecular weight is 276 g/mol. The van der Waals surface area contributed by atoms with Crippen molar-refractivity contribution in [3.05, 3.63) is 29.3 Å². The molecule has 4 atom stereocenters. The summed E-state index contributed by atoms with van der Waals surface area (Å²) < 4.78 is 0. The molecule has 98 valence electrons. The van der Waals surface area contributed by atoms with E-state index in [1.54, 1.807) is 24.3 Å². The van der Waals surface area contributed by atoms with Crippen molar-refractivity contribution in [2.75, 3.05) is 4.90 Å². The van der Waals surface area contributed by atoms with Gasteiger partial charge in [0.15, 0.2) is 0 Å². The molecule has 3 fully saturated rings. The minimum Gasteiger partial charge on any atom is -0.274 e. The number of nitrogens with zero attached hydrogens (tertiary/aromatic N) is 1. The van der Waals surface area contributed by atoms with Crippen LogP contribution in [0.3, 0.4) is 0 Å². The van der Waals surface area contributed by atoms with Gasteiger partial charge in [-0.25, -0.2) is 0 Å². The number of benzene rings is 1. The molecule has 1 aliphatic heterocycles. The number of rotatable bonds is 1. The molecule has 1 aromatic rings. The Bertz CT molecular complexity index is 540. The van der Waals surface area contributed by atoms with Gasteiger partial charge in [0.1, 0.15) is 0 Å². The Morgan fingerprint density at radius 3 is 2.00 bits per heavy atom. The van der Waals surface area contributed by atoms with Gasteiger partial charge in [-0.1, -0.05) is 11.6 Å². The molecular formula is C15H14ClNO2. The molecule has 3 aliphatic rings. The Kier molecular flexibility index (Phi) is 2.31. The molecule has 1 aromatic carbocycles. The Balaban J connectivity index is 1.73. The van der Waals surface area contributed by atoms with Crippen LogP contribution in [0.15, 0.2) is 24.3 Å². The fourth-order valence-electron chi connectivity index (χ4n) is 4.25. The second kappa shape index (κ2) is 3.83. The molecule has 2 aliphatic carbocycles. The molecule has 0 N–H and O–H groups in total. The SMILES string of the molecule is O=C1[C@@H]2[C@H]3CC[C@@H](C3)[C@H]2C(=O)N1c1ccc(Cl)cc1. The van der Waals surface area contributed by atoms with Gasteiger partial charge in [0.2, 0.25) is 11.8 Å². The molecule has 2 amide bonds. The molecule has 19 heavy (non-hydrogen) atoms. The van der Waals surface area contributed by atoms with E-state index >= 15 is 0 Å². The maximum absolute atomic E-state index is 12.5. The monoisotopic (exact) mass is 275 g/mol. The second-order valence-corrected chi connectivity index (χ2v) is 6.31. The first kappa shape index (κ1) is 11.5.